The predicted molar refractivity (Wildman–Crippen MR) is 76.1 cm³/mol. The van der Waals surface area contributed by atoms with E-state index in [0.717, 1.165) is 58.2 Å². The molecule has 0 aliphatic carbocycles. The van der Waals surface area contributed by atoms with E-state index < -0.39 is 7.59 Å². The van der Waals surface area contributed by atoms with Crippen LogP contribution in [0.4, 0.5) is 0 Å². The van der Waals surface area contributed by atoms with Crippen LogP contribution in [0.3, 0.4) is 0 Å². The van der Waals surface area contributed by atoms with Gasteiger partial charge in [-0.2, -0.15) is 0 Å². The van der Waals surface area contributed by atoms with Crippen LogP contribution < -0.4 is 10.6 Å². The summed E-state index contributed by atoms with van der Waals surface area (Å²) in [5.41, 5.74) is 5.95. The molecule has 0 amide bonds. The molecule has 1 atom stereocenters. The van der Waals surface area contributed by atoms with E-state index in [9.17, 15) is 4.57 Å². The van der Waals surface area contributed by atoms with Gasteiger partial charge in [0.1, 0.15) is 0 Å². The summed E-state index contributed by atoms with van der Waals surface area (Å²) in [4.78, 5) is 0. The second kappa shape index (κ2) is 10.1. The Kier molecular flexibility index (Phi) is 10.1. The van der Waals surface area contributed by atoms with Gasteiger partial charge in [-0.1, -0.05) is 40.0 Å². The third-order valence-electron chi connectivity index (χ3n) is 2.83. The largest absolute Gasteiger partial charge is 0.279 e. The lowest BCUT2D eigenvalue weighted by Crippen LogP contribution is -2.34. The van der Waals surface area contributed by atoms with Crippen molar-refractivity contribution in [3.63, 3.8) is 0 Å². The molecule has 0 rings (SSSR count). The third kappa shape index (κ3) is 7.93. The molecule has 0 bridgehead atoms. The van der Waals surface area contributed by atoms with E-state index in [4.69, 9.17) is 5.50 Å². The molecule has 1 unspecified atom stereocenters. The quantitative estimate of drug-likeness (QED) is 0.443. The van der Waals surface area contributed by atoms with E-state index >= 15 is 0 Å². The monoisotopic (exact) mass is 263 g/mol. The third-order valence-corrected chi connectivity index (χ3v) is 4.75. The van der Waals surface area contributed by atoms with Gasteiger partial charge in [0.2, 0.25) is 0 Å². The Morgan fingerprint density at radius 3 is 1.88 bits per heavy atom. The maximum absolute atomic E-state index is 12.4. The Morgan fingerprint density at radius 1 is 1.00 bits per heavy atom. The minimum Gasteiger partial charge on any atom is -0.271 e. The number of nitrogens with two attached hydrogens (primary N) is 1. The number of hydrogen-bond acceptors (Lipinski definition) is 1. The van der Waals surface area contributed by atoms with Crippen molar-refractivity contribution in [1.82, 2.24) is 9.76 Å². The highest BCUT2D eigenvalue weighted by Gasteiger charge is 2.23. The van der Waals surface area contributed by atoms with Crippen LogP contribution in [0.25, 0.3) is 0 Å². The van der Waals surface area contributed by atoms with E-state index in [1.165, 1.54) is 0 Å². The zero-order chi connectivity index (χ0) is 13.1. The van der Waals surface area contributed by atoms with Gasteiger partial charge in [0.25, 0.3) is 7.59 Å². The predicted octanol–water partition coefficient (Wildman–Crippen LogP) is 3.35. The highest BCUT2D eigenvalue weighted by molar-refractivity contribution is 7.56. The van der Waals surface area contributed by atoms with Crippen LogP contribution in [-0.2, 0) is 4.57 Å². The van der Waals surface area contributed by atoms with Crippen LogP contribution in [-0.4, -0.2) is 24.3 Å². The lowest BCUT2D eigenvalue weighted by atomic mass is 10.3. The first-order valence-electron chi connectivity index (χ1n) is 6.97. The topological polar surface area (TPSA) is 58.4 Å². The standard InChI is InChI=1S/C12H30N3OP/c1-4-7-10-14-17(13,16)15(11-8-5-2)12-9-6-3/h4-12H2,1-3H3,(H3,13,14,16). The summed E-state index contributed by atoms with van der Waals surface area (Å²) >= 11 is 0. The molecule has 17 heavy (non-hydrogen) atoms. The van der Waals surface area contributed by atoms with Gasteiger partial charge in [-0.05, 0) is 19.3 Å². The minimum atomic E-state index is -2.81. The summed E-state index contributed by atoms with van der Waals surface area (Å²) < 4.78 is 14.3. The van der Waals surface area contributed by atoms with Crippen LogP contribution in [0.2, 0.25) is 0 Å². The van der Waals surface area contributed by atoms with Crippen molar-refractivity contribution in [3.05, 3.63) is 0 Å². The van der Waals surface area contributed by atoms with Crippen LogP contribution in [0.15, 0.2) is 0 Å². The molecule has 0 aromatic carbocycles. The molecule has 0 aliphatic rings. The number of unbranched alkanes of at least 4 members (excludes halogenated alkanes) is 3. The average molecular weight is 263 g/mol. The van der Waals surface area contributed by atoms with Gasteiger partial charge in [0.15, 0.2) is 0 Å². The average Bonchev–Trinajstić information content (AvgIpc) is 2.29. The number of hydrogen-bond donors (Lipinski definition) is 2. The molecule has 0 radical (unpaired) electrons. The number of rotatable bonds is 11. The fourth-order valence-electron chi connectivity index (χ4n) is 1.61. The van der Waals surface area contributed by atoms with Crippen LogP contribution in [0, 0.1) is 0 Å². The second-order valence-corrected chi connectivity index (χ2v) is 6.67. The zero-order valence-corrected chi connectivity index (χ0v) is 12.6. The fraction of sp³-hybridized carbons (Fsp3) is 1.00. The fourth-order valence-corrected chi connectivity index (χ4v) is 3.16. The first-order valence-corrected chi connectivity index (χ1v) is 8.70. The van der Waals surface area contributed by atoms with Crippen molar-refractivity contribution in [3.8, 4) is 0 Å². The Labute approximate surface area is 107 Å². The Bertz CT molecular complexity index is 216. The zero-order valence-electron chi connectivity index (χ0n) is 11.7. The molecular formula is C12H30N3OP. The van der Waals surface area contributed by atoms with E-state index in [0.29, 0.717) is 0 Å². The van der Waals surface area contributed by atoms with Gasteiger partial charge in [-0.3, -0.25) is 10.1 Å². The SMILES string of the molecule is CCCCNP(N)(=O)N(CCCC)CCCC. The highest BCUT2D eigenvalue weighted by atomic mass is 31.2. The summed E-state index contributed by atoms with van der Waals surface area (Å²) in [5, 5.41) is 3.04. The van der Waals surface area contributed by atoms with E-state index in [1.54, 1.807) is 0 Å². The summed E-state index contributed by atoms with van der Waals surface area (Å²) in [7, 11) is -2.81. The van der Waals surface area contributed by atoms with Gasteiger partial charge in [-0.25, -0.2) is 9.76 Å². The lowest BCUT2D eigenvalue weighted by molar-refractivity contribution is 0.385. The van der Waals surface area contributed by atoms with Crippen LogP contribution >= 0.6 is 7.59 Å². The molecule has 3 N–H and O–H groups in total. The maximum Gasteiger partial charge on any atom is 0.279 e. The molecular weight excluding hydrogens is 233 g/mol. The lowest BCUT2D eigenvalue weighted by Gasteiger charge is -2.28. The minimum absolute atomic E-state index is 0.749. The Balaban J connectivity index is 4.24. The first kappa shape index (κ1) is 17.1. The number of nitrogens with one attached hydrogen (secondary N) is 1. The molecule has 0 aromatic rings. The van der Waals surface area contributed by atoms with E-state index in [2.05, 4.69) is 25.9 Å². The molecule has 0 saturated heterocycles. The molecule has 0 aromatic heterocycles. The van der Waals surface area contributed by atoms with Crippen molar-refractivity contribution in [2.45, 2.75) is 59.3 Å². The molecule has 104 valence electrons. The van der Waals surface area contributed by atoms with Crippen molar-refractivity contribution in [2.24, 2.45) is 5.50 Å². The number of nitrogens with zero attached hydrogens (tertiary/aromatic N) is 1. The molecule has 0 fully saturated rings. The summed E-state index contributed by atoms with van der Waals surface area (Å²) in [5.74, 6) is 0. The Morgan fingerprint density at radius 2 is 1.47 bits per heavy atom. The second-order valence-electron chi connectivity index (χ2n) is 4.55. The molecule has 0 spiro atoms. The van der Waals surface area contributed by atoms with Crippen molar-refractivity contribution in [2.75, 3.05) is 19.6 Å². The molecule has 0 saturated carbocycles. The highest BCUT2D eigenvalue weighted by Crippen LogP contribution is 2.36. The summed E-state index contributed by atoms with van der Waals surface area (Å²) in [6, 6.07) is 0. The first-order chi connectivity index (χ1) is 8.08. The maximum atomic E-state index is 12.4. The molecule has 4 nitrogen and oxygen atoms in total. The van der Waals surface area contributed by atoms with Gasteiger partial charge in [0.05, 0.1) is 0 Å². The normalized spacial score (nSPS) is 15.1. The Hall–Kier alpha value is 0.110. The van der Waals surface area contributed by atoms with Gasteiger partial charge < -0.3 is 0 Å². The van der Waals surface area contributed by atoms with E-state index in [1.807, 2.05) is 4.67 Å². The van der Waals surface area contributed by atoms with Gasteiger partial charge in [-0.15, -0.1) is 0 Å². The smallest absolute Gasteiger partial charge is 0.271 e. The van der Waals surface area contributed by atoms with Gasteiger partial charge >= 0.3 is 0 Å². The van der Waals surface area contributed by atoms with E-state index in [-0.39, 0.29) is 0 Å². The van der Waals surface area contributed by atoms with Gasteiger partial charge in [0, 0.05) is 19.6 Å². The van der Waals surface area contributed by atoms with Crippen molar-refractivity contribution in [1.29, 1.82) is 0 Å². The van der Waals surface area contributed by atoms with Crippen molar-refractivity contribution < 1.29 is 4.57 Å². The molecule has 0 heterocycles. The molecule has 5 heteroatoms. The van der Waals surface area contributed by atoms with Crippen molar-refractivity contribution >= 4 is 7.59 Å². The molecule has 0 aliphatic heterocycles. The summed E-state index contributed by atoms with van der Waals surface area (Å²) in [6.45, 7) is 8.83. The van der Waals surface area contributed by atoms with Crippen LogP contribution in [0.1, 0.15) is 59.3 Å². The van der Waals surface area contributed by atoms with Crippen LogP contribution in [0.5, 0.6) is 0 Å². The summed E-state index contributed by atoms with van der Waals surface area (Å²) in [6.07, 6.45) is 6.45.